The van der Waals surface area contributed by atoms with E-state index in [0.29, 0.717) is 12.2 Å². The van der Waals surface area contributed by atoms with Gasteiger partial charge in [0.05, 0.1) is 11.5 Å². The summed E-state index contributed by atoms with van der Waals surface area (Å²) in [5.74, 6) is -0.0729. The molecule has 0 atom stereocenters. The van der Waals surface area contributed by atoms with E-state index in [4.69, 9.17) is 19.6 Å². The van der Waals surface area contributed by atoms with Crippen LogP contribution in [-0.2, 0) is 24.8 Å². The van der Waals surface area contributed by atoms with Gasteiger partial charge in [-0.1, -0.05) is 19.1 Å². The summed E-state index contributed by atoms with van der Waals surface area (Å²) in [6, 6.07) is 9.48. The fourth-order valence-electron chi connectivity index (χ4n) is 2.30. The van der Waals surface area contributed by atoms with Crippen LogP contribution in [0.5, 0.6) is 11.5 Å². The summed E-state index contributed by atoms with van der Waals surface area (Å²) >= 11 is 0. The highest BCUT2D eigenvalue weighted by molar-refractivity contribution is 7.92. The number of hydroxylamine groups is 1. The minimum Gasteiger partial charge on any atom is -0.379 e. The summed E-state index contributed by atoms with van der Waals surface area (Å²) < 4.78 is 54.4. The molecule has 30 heavy (non-hydrogen) atoms. The fourth-order valence-corrected chi connectivity index (χ4v) is 4.82. The Bertz CT molecular complexity index is 1130. The molecule has 0 spiro atoms. The predicted molar refractivity (Wildman–Crippen MR) is 110 cm³/mol. The Balaban J connectivity index is 2.27. The van der Waals surface area contributed by atoms with Crippen molar-refractivity contribution in [3.05, 3.63) is 48.0 Å². The van der Waals surface area contributed by atoms with Gasteiger partial charge in [-0.3, -0.25) is 4.84 Å². The molecule has 10 nitrogen and oxygen atoms in total. The summed E-state index contributed by atoms with van der Waals surface area (Å²) in [4.78, 5) is 9.34. The number of guanidine groups is 1. The summed E-state index contributed by atoms with van der Waals surface area (Å²) in [6.07, 6.45) is 1.69. The molecule has 164 valence electrons. The molecule has 2 aromatic rings. The van der Waals surface area contributed by atoms with E-state index in [1.54, 1.807) is 13.0 Å². The van der Waals surface area contributed by atoms with Gasteiger partial charge in [0.25, 0.3) is 5.96 Å². The molecule has 3 N–H and O–H groups in total. The second-order valence-electron chi connectivity index (χ2n) is 6.26. The van der Waals surface area contributed by atoms with Crippen LogP contribution < -0.4 is 20.2 Å². The van der Waals surface area contributed by atoms with Crippen LogP contribution in [0.25, 0.3) is 0 Å². The van der Waals surface area contributed by atoms with E-state index in [2.05, 4.69) is 10.6 Å². The van der Waals surface area contributed by atoms with Crippen LogP contribution in [0, 0.1) is 6.92 Å². The number of aryl methyl sites for hydroxylation is 1. The predicted octanol–water partition coefficient (Wildman–Crippen LogP) is 1.71. The minimum absolute atomic E-state index is 0.0859. The minimum atomic E-state index is -4.43. The topological polar surface area (TPSA) is 146 Å². The molecular weight excluding hydrogens is 434 g/mol. The Morgan fingerprint density at radius 1 is 1.07 bits per heavy atom. The maximum Gasteiger partial charge on any atom is 0.340 e. The molecule has 0 saturated heterocycles. The van der Waals surface area contributed by atoms with Crippen LogP contribution in [0.1, 0.15) is 18.9 Å². The molecule has 0 aliphatic heterocycles. The van der Waals surface area contributed by atoms with Crippen LogP contribution in [-0.4, -0.2) is 35.7 Å². The third-order valence-corrected chi connectivity index (χ3v) is 6.07. The maximum atomic E-state index is 12.7. The van der Waals surface area contributed by atoms with E-state index in [1.165, 1.54) is 30.3 Å². The van der Waals surface area contributed by atoms with Crippen molar-refractivity contribution < 1.29 is 30.7 Å². The van der Waals surface area contributed by atoms with Gasteiger partial charge in [-0.25, -0.2) is 13.9 Å². The van der Waals surface area contributed by atoms with Crippen LogP contribution in [0.2, 0.25) is 0 Å². The zero-order valence-corrected chi connectivity index (χ0v) is 18.3. The average Bonchev–Trinajstić information content (AvgIpc) is 2.65. The molecular formula is C18H23N3O7S2. The molecule has 2 aromatic carbocycles. The molecule has 0 unspecified atom stereocenters. The SMILES string of the molecule is CCCONC(N)=NOc1cc(C)cc(OS(=O)(=O)c2ccccc2S(C)(=O)=O)c1. The average molecular weight is 458 g/mol. The highest BCUT2D eigenvalue weighted by atomic mass is 32.2. The molecule has 0 bridgehead atoms. The summed E-state index contributed by atoms with van der Waals surface area (Å²) in [5, 5.41) is 3.62. The molecule has 12 heteroatoms. The molecule has 2 rings (SSSR count). The normalized spacial score (nSPS) is 12.4. The molecule has 0 fully saturated rings. The zero-order valence-electron chi connectivity index (χ0n) is 16.7. The summed E-state index contributed by atoms with van der Waals surface area (Å²) in [6.45, 7) is 4.03. The Labute approximate surface area is 175 Å². The first-order valence-electron chi connectivity index (χ1n) is 8.76. The Morgan fingerprint density at radius 2 is 1.70 bits per heavy atom. The van der Waals surface area contributed by atoms with Gasteiger partial charge in [-0.2, -0.15) is 8.42 Å². The number of hydrogen-bond donors (Lipinski definition) is 2. The zero-order chi connectivity index (χ0) is 22.4. The number of hydrogen-bond acceptors (Lipinski definition) is 8. The first kappa shape index (κ1) is 23.4. The lowest BCUT2D eigenvalue weighted by Crippen LogP contribution is -2.32. The molecule has 0 saturated carbocycles. The van der Waals surface area contributed by atoms with Crippen molar-refractivity contribution in [1.29, 1.82) is 0 Å². The van der Waals surface area contributed by atoms with Crippen molar-refractivity contribution in [3.63, 3.8) is 0 Å². The quantitative estimate of drug-likeness (QED) is 0.189. The molecule has 0 aliphatic carbocycles. The lowest BCUT2D eigenvalue weighted by atomic mass is 10.2. The largest absolute Gasteiger partial charge is 0.379 e. The van der Waals surface area contributed by atoms with E-state index < -0.39 is 24.9 Å². The van der Waals surface area contributed by atoms with E-state index >= 15 is 0 Å². The van der Waals surface area contributed by atoms with Crippen molar-refractivity contribution >= 4 is 25.9 Å². The first-order chi connectivity index (χ1) is 14.0. The smallest absolute Gasteiger partial charge is 0.340 e. The van der Waals surface area contributed by atoms with Crippen molar-refractivity contribution in [2.24, 2.45) is 10.9 Å². The van der Waals surface area contributed by atoms with Crippen LogP contribution in [0.3, 0.4) is 0 Å². The van der Waals surface area contributed by atoms with Gasteiger partial charge in [-0.15, -0.1) is 0 Å². The van der Waals surface area contributed by atoms with Gasteiger partial charge < -0.3 is 14.8 Å². The first-order valence-corrected chi connectivity index (χ1v) is 12.1. The molecule has 0 heterocycles. The van der Waals surface area contributed by atoms with Crippen molar-refractivity contribution in [2.45, 2.75) is 30.1 Å². The molecule has 0 aromatic heterocycles. The number of benzene rings is 2. The highest BCUT2D eigenvalue weighted by Gasteiger charge is 2.25. The standard InChI is InChI=1S/C18H23N3O7S2/c1-4-9-26-20-18(19)21-27-14-10-13(2)11-15(12-14)28-30(24,25)17-8-6-5-7-16(17)29(3,22)23/h5-8,10-12H,4,9H2,1-3H3,(H3,19,20,21). The number of oxime groups is 1. The van der Waals surface area contributed by atoms with Gasteiger partial charge in [0, 0.05) is 12.3 Å². The van der Waals surface area contributed by atoms with Gasteiger partial charge in [0.2, 0.25) is 0 Å². The van der Waals surface area contributed by atoms with E-state index in [0.717, 1.165) is 18.7 Å². The monoisotopic (exact) mass is 457 g/mol. The van der Waals surface area contributed by atoms with Crippen LogP contribution in [0.15, 0.2) is 57.4 Å². The summed E-state index contributed by atoms with van der Waals surface area (Å²) in [5.41, 5.74) is 8.57. The Kier molecular flexibility index (Phi) is 7.65. The van der Waals surface area contributed by atoms with Gasteiger partial charge >= 0.3 is 10.1 Å². The van der Waals surface area contributed by atoms with Gasteiger partial charge in [0.1, 0.15) is 10.6 Å². The van der Waals surface area contributed by atoms with Crippen LogP contribution in [0.4, 0.5) is 0 Å². The fraction of sp³-hybridized carbons (Fsp3) is 0.278. The van der Waals surface area contributed by atoms with E-state index in [9.17, 15) is 16.8 Å². The Hall–Kier alpha value is -2.83. The number of sulfone groups is 1. The van der Waals surface area contributed by atoms with Crippen LogP contribution >= 0.6 is 0 Å². The van der Waals surface area contributed by atoms with Crippen molar-refractivity contribution in [1.82, 2.24) is 5.48 Å². The third kappa shape index (κ3) is 6.61. The summed E-state index contributed by atoms with van der Waals surface area (Å²) in [7, 11) is -8.22. The van der Waals surface area contributed by atoms with Gasteiger partial charge in [0.15, 0.2) is 15.6 Å². The molecule has 0 amide bonds. The number of rotatable bonds is 9. The van der Waals surface area contributed by atoms with E-state index in [1.807, 2.05) is 6.92 Å². The lowest BCUT2D eigenvalue weighted by molar-refractivity contribution is 0.0824. The molecule has 0 radical (unpaired) electrons. The van der Waals surface area contributed by atoms with Gasteiger partial charge in [-0.05, 0) is 48.3 Å². The second kappa shape index (κ2) is 9.78. The second-order valence-corrected chi connectivity index (χ2v) is 9.76. The maximum absolute atomic E-state index is 12.7. The number of nitrogens with zero attached hydrogens (tertiary/aromatic N) is 1. The third-order valence-electron chi connectivity index (χ3n) is 3.48. The van der Waals surface area contributed by atoms with Crippen molar-refractivity contribution in [2.75, 3.05) is 12.9 Å². The highest BCUT2D eigenvalue weighted by Crippen LogP contribution is 2.28. The number of nitrogens with two attached hydrogens (primary N) is 1. The molecule has 0 aliphatic rings. The Morgan fingerprint density at radius 3 is 2.33 bits per heavy atom. The lowest BCUT2D eigenvalue weighted by Gasteiger charge is -2.11. The number of nitrogens with one attached hydrogen (secondary N) is 1. The van der Waals surface area contributed by atoms with E-state index in [-0.39, 0.29) is 22.4 Å². The van der Waals surface area contributed by atoms with Crippen molar-refractivity contribution in [3.8, 4) is 11.5 Å².